The van der Waals surface area contributed by atoms with E-state index in [1.54, 1.807) is 29.1 Å². The van der Waals surface area contributed by atoms with Crippen molar-refractivity contribution in [3.63, 3.8) is 0 Å². The maximum absolute atomic E-state index is 14.0. The van der Waals surface area contributed by atoms with Crippen LogP contribution in [0.5, 0.6) is 0 Å². The molecule has 0 spiro atoms. The Labute approximate surface area is 241 Å². The lowest BCUT2D eigenvalue weighted by atomic mass is 9.71. The van der Waals surface area contributed by atoms with Crippen LogP contribution in [0, 0.1) is 23.2 Å². The molecule has 13 heteroatoms. The van der Waals surface area contributed by atoms with Crippen molar-refractivity contribution in [1.82, 2.24) is 35.0 Å². The molecule has 3 N–H and O–H groups in total. The second-order valence-corrected chi connectivity index (χ2v) is 12.0. The van der Waals surface area contributed by atoms with E-state index >= 15 is 0 Å². The van der Waals surface area contributed by atoms with Gasteiger partial charge in [0.15, 0.2) is 11.1 Å². The van der Waals surface area contributed by atoms with Crippen LogP contribution in [-0.2, 0) is 22.6 Å². The molecule has 3 aliphatic rings. The molecule has 4 heterocycles. The largest absolute Gasteiger partial charge is 0.480 e. The van der Waals surface area contributed by atoms with Crippen LogP contribution in [0.4, 0.5) is 8.78 Å². The minimum Gasteiger partial charge on any atom is -0.480 e. The Morgan fingerprint density at radius 2 is 1.93 bits per heavy atom. The molecule has 0 bridgehead atoms. The Morgan fingerprint density at radius 3 is 2.62 bits per heavy atom. The summed E-state index contributed by atoms with van der Waals surface area (Å²) in [5.41, 5.74) is 0.109. The maximum Gasteiger partial charge on any atom is 0.319 e. The van der Waals surface area contributed by atoms with Crippen LogP contribution < -0.4 is 10.6 Å². The van der Waals surface area contributed by atoms with Crippen LogP contribution in [0.3, 0.4) is 0 Å². The summed E-state index contributed by atoms with van der Waals surface area (Å²) in [5, 5.41) is 24.8. The zero-order valence-corrected chi connectivity index (χ0v) is 23.4. The number of rotatable bonds is 9. The normalized spacial score (nSPS) is 25.2. The summed E-state index contributed by atoms with van der Waals surface area (Å²) >= 11 is 0. The molecule has 42 heavy (non-hydrogen) atoms. The smallest absolute Gasteiger partial charge is 0.319 e. The van der Waals surface area contributed by atoms with Crippen molar-refractivity contribution in [3.8, 4) is 0 Å². The number of aliphatic carboxylic acids is 1. The van der Waals surface area contributed by atoms with E-state index in [1.165, 1.54) is 10.7 Å². The zero-order chi connectivity index (χ0) is 29.6. The van der Waals surface area contributed by atoms with E-state index in [0.717, 1.165) is 12.8 Å². The SMILES string of the molecule is CCn1nccc1C(=O)N[C@H](c1cn2nc(CC3(C(=O)O)CC(C4CC4)CNC3=O)ccc2n1)C1CCC(F)(F)CC1. The molecule has 0 radical (unpaired) electrons. The zero-order valence-electron chi connectivity index (χ0n) is 23.4. The minimum atomic E-state index is -2.73. The summed E-state index contributed by atoms with van der Waals surface area (Å²) in [6, 6.07) is 4.32. The number of carbonyl (C=O) groups excluding carboxylic acids is 2. The van der Waals surface area contributed by atoms with Gasteiger partial charge in [-0.05, 0) is 75.0 Å². The van der Waals surface area contributed by atoms with Crippen LogP contribution >= 0.6 is 0 Å². The van der Waals surface area contributed by atoms with E-state index in [1.807, 2.05) is 6.92 Å². The molecule has 1 aliphatic heterocycles. The second-order valence-electron chi connectivity index (χ2n) is 12.0. The molecule has 2 saturated carbocycles. The van der Waals surface area contributed by atoms with Crippen molar-refractivity contribution < 1.29 is 28.3 Å². The predicted octanol–water partition coefficient (Wildman–Crippen LogP) is 3.40. The summed E-state index contributed by atoms with van der Waals surface area (Å²) in [5.74, 6) is -4.47. The summed E-state index contributed by atoms with van der Waals surface area (Å²) in [6.45, 7) is 2.86. The van der Waals surface area contributed by atoms with Gasteiger partial charge in [0.25, 0.3) is 5.91 Å². The molecule has 224 valence electrons. The topological polar surface area (TPSA) is 144 Å². The number of amides is 2. The summed E-state index contributed by atoms with van der Waals surface area (Å²) in [6.07, 6.45) is 5.38. The van der Waals surface area contributed by atoms with Crippen molar-refractivity contribution in [1.29, 1.82) is 0 Å². The number of hydrogen-bond acceptors (Lipinski definition) is 6. The Bertz CT molecular complexity index is 1510. The van der Waals surface area contributed by atoms with Gasteiger partial charge in [0.05, 0.1) is 23.6 Å². The highest BCUT2D eigenvalue weighted by molar-refractivity contribution is 6.02. The van der Waals surface area contributed by atoms with Crippen LogP contribution in [0.25, 0.3) is 5.65 Å². The lowest BCUT2D eigenvalue weighted by Gasteiger charge is -2.36. The van der Waals surface area contributed by atoms with Gasteiger partial charge < -0.3 is 15.7 Å². The first-order valence-corrected chi connectivity index (χ1v) is 14.7. The first kappa shape index (κ1) is 28.2. The highest BCUT2D eigenvalue weighted by Gasteiger charge is 2.53. The van der Waals surface area contributed by atoms with Gasteiger partial charge in [-0.3, -0.25) is 19.1 Å². The number of nitrogens with one attached hydrogen (secondary N) is 2. The summed E-state index contributed by atoms with van der Waals surface area (Å²) in [7, 11) is 0. The average molecular weight is 584 g/mol. The highest BCUT2D eigenvalue weighted by atomic mass is 19.3. The van der Waals surface area contributed by atoms with Crippen molar-refractivity contribution in [3.05, 3.63) is 47.7 Å². The standard InChI is InChI=1S/C29H35F2N7O4/c1-2-37-22(9-12-33-37)25(39)35-24(18-7-10-29(30,31)11-8-18)21-16-38-23(34-21)6-5-20(36-38)14-28(27(41)42)13-19(17-3-4-17)15-32-26(28)40/h5-6,9,12,16-19,24H,2-4,7-8,10-11,13-15H2,1H3,(H,32,40)(H,35,39)(H,41,42)/t19?,24-,28?/m0/s1. The molecular weight excluding hydrogens is 548 g/mol. The van der Waals surface area contributed by atoms with Crippen molar-refractivity contribution >= 4 is 23.4 Å². The third-order valence-electron chi connectivity index (χ3n) is 9.23. The number of nitrogens with zero attached hydrogens (tertiary/aromatic N) is 5. The lowest BCUT2D eigenvalue weighted by molar-refractivity contribution is -0.159. The Balaban J connectivity index is 1.29. The van der Waals surface area contributed by atoms with Crippen molar-refractivity contribution in [2.45, 2.75) is 76.8 Å². The van der Waals surface area contributed by atoms with Crippen LogP contribution in [0.15, 0.2) is 30.6 Å². The molecule has 3 fully saturated rings. The van der Waals surface area contributed by atoms with E-state index in [2.05, 4.69) is 25.8 Å². The maximum atomic E-state index is 14.0. The first-order valence-electron chi connectivity index (χ1n) is 14.7. The molecule has 2 amide bonds. The van der Waals surface area contributed by atoms with Gasteiger partial charge in [-0.2, -0.15) is 10.2 Å². The molecule has 2 aliphatic carbocycles. The Kier molecular flexibility index (Phi) is 7.22. The van der Waals surface area contributed by atoms with Gasteiger partial charge in [0.2, 0.25) is 11.8 Å². The van der Waals surface area contributed by atoms with Gasteiger partial charge in [-0.25, -0.2) is 18.3 Å². The molecule has 2 unspecified atom stereocenters. The van der Waals surface area contributed by atoms with Crippen LogP contribution in [0.2, 0.25) is 0 Å². The number of fused-ring (bicyclic) bond motifs is 1. The number of alkyl halides is 2. The molecule has 6 rings (SSSR count). The number of hydrogen-bond donors (Lipinski definition) is 3. The third-order valence-corrected chi connectivity index (χ3v) is 9.23. The predicted molar refractivity (Wildman–Crippen MR) is 146 cm³/mol. The number of carboxylic acid groups (broad SMARTS) is 1. The summed E-state index contributed by atoms with van der Waals surface area (Å²) < 4.78 is 31.1. The lowest BCUT2D eigenvalue weighted by Crippen LogP contribution is -2.55. The minimum absolute atomic E-state index is 0.0697. The molecule has 11 nitrogen and oxygen atoms in total. The highest BCUT2D eigenvalue weighted by Crippen LogP contribution is 2.45. The van der Waals surface area contributed by atoms with E-state index in [4.69, 9.17) is 0 Å². The van der Waals surface area contributed by atoms with Crippen LogP contribution in [0.1, 0.15) is 79.8 Å². The van der Waals surface area contributed by atoms with E-state index < -0.39 is 29.3 Å². The number of carboxylic acids is 1. The first-order chi connectivity index (χ1) is 20.1. The van der Waals surface area contributed by atoms with Gasteiger partial charge in [0.1, 0.15) is 5.69 Å². The molecule has 0 aromatic carbocycles. The van der Waals surface area contributed by atoms with Gasteiger partial charge >= 0.3 is 5.97 Å². The molecule has 3 aromatic rings. The van der Waals surface area contributed by atoms with Crippen molar-refractivity contribution in [2.75, 3.05) is 6.54 Å². The Morgan fingerprint density at radius 1 is 1.17 bits per heavy atom. The third kappa shape index (κ3) is 5.36. The van der Waals surface area contributed by atoms with Gasteiger partial charge in [-0.1, -0.05) is 0 Å². The fourth-order valence-corrected chi connectivity index (χ4v) is 6.63. The number of piperidine rings is 1. The number of halogens is 2. The molecule has 3 aromatic heterocycles. The summed E-state index contributed by atoms with van der Waals surface area (Å²) in [4.78, 5) is 43.4. The molecule has 1 saturated heterocycles. The number of aromatic nitrogens is 5. The fraction of sp³-hybridized carbons (Fsp3) is 0.586. The van der Waals surface area contributed by atoms with Gasteiger partial charge in [-0.15, -0.1) is 0 Å². The van der Waals surface area contributed by atoms with E-state index in [-0.39, 0.29) is 56.3 Å². The fourth-order valence-electron chi connectivity index (χ4n) is 6.63. The van der Waals surface area contributed by atoms with E-state index in [9.17, 15) is 28.3 Å². The van der Waals surface area contributed by atoms with Crippen molar-refractivity contribution in [2.24, 2.45) is 23.2 Å². The Hall–Kier alpha value is -3.90. The average Bonchev–Trinajstić information content (AvgIpc) is 3.54. The number of carbonyl (C=O) groups is 3. The van der Waals surface area contributed by atoms with Gasteiger partial charge in [0, 0.05) is 38.5 Å². The number of imidazole rings is 1. The van der Waals surface area contributed by atoms with E-state index in [0.29, 0.717) is 41.7 Å². The second kappa shape index (κ2) is 10.7. The molecule has 3 atom stereocenters. The quantitative estimate of drug-likeness (QED) is 0.328. The van der Waals surface area contributed by atoms with Crippen LogP contribution in [-0.4, -0.2) is 59.7 Å². The molecular formula is C29H35F2N7O4. The number of aryl methyl sites for hydroxylation is 1. The monoisotopic (exact) mass is 583 g/mol.